The molecule has 0 saturated carbocycles. The van der Waals surface area contributed by atoms with Crippen molar-refractivity contribution in [3.05, 3.63) is 0 Å². The van der Waals surface area contributed by atoms with Crippen molar-refractivity contribution in [2.45, 2.75) is 20.8 Å². The molecule has 0 aromatic rings. The van der Waals surface area contributed by atoms with Crippen LogP contribution in [-0.2, 0) is 19.9 Å². The maximum absolute atomic E-state index is 7.06. The van der Waals surface area contributed by atoms with Crippen LogP contribution in [0.4, 0.5) is 0 Å². The van der Waals surface area contributed by atoms with Gasteiger partial charge < -0.3 is 4.74 Å². The van der Waals surface area contributed by atoms with Crippen molar-refractivity contribution in [2.75, 3.05) is 13.7 Å². The van der Waals surface area contributed by atoms with Crippen LogP contribution in [0.25, 0.3) is 0 Å². The number of ether oxygens (including phenoxy) is 1. The molecule has 0 saturated heterocycles. The Balaban J connectivity index is 0. The molecule has 0 rings (SSSR count). The summed E-state index contributed by atoms with van der Waals surface area (Å²) in [5.41, 5.74) is 0.328. The highest BCUT2D eigenvalue weighted by Gasteiger charge is 2.07. The average molecular weight is 184 g/mol. The summed E-state index contributed by atoms with van der Waals surface area (Å²) in [5.74, 6) is 0. The van der Waals surface area contributed by atoms with Gasteiger partial charge in [0.1, 0.15) is 0 Å². The predicted molar refractivity (Wildman–Crippen MR) is 39.8 cm³/mol. The van der Waals surface area contributed by atoms with Gasteiger partial charge in [-0.1, -0.05) is 20.8 Å². The van der Waals surface area contributed by atoms with Crippen LogP contribution in [0.1, 0.15) is 20.8 Å². The highest BCUT2D eigenvalue weighted by molar-refractivity contribution is 4.57. The molecular weight excluding hydrogens is 168 g/mol. The fourth-order valence-corrected chi connectivity index (χ4v) is 0.447. The Labute approximate surface area is 71.3 Å². The van der Waals surface area contributed by atoms with E-state index < -0.39 is 0 Å². The first kappa shape index (κ1) is 14.3. The van der Waals surface area contributed by atoms with Crippen LogP contribution in [0.2, 0.25) is 0 Å². The molecule has 76 valence electrons. The standard InChI is InChI=1S/C6H14O.H2O5/c1-6(2,3)5-7-4;1-3-5-4-2/h5H2,1-4H3;1-2H. The zero-order chi connectivity index (χ0) is 10.0. The molecule has 0 atom stereocenters. The molecule has 0 spiro atoms. The topological polar surface area (TPSA) is 77.4 Å². The van der Waals surface area contributed by atoms with Gasteiger partial charge in [0.25, 0.3) is 0 Å². The SMILES string of the molecule is COCC(C)(C)C.OOOOO. The largest absolute Gasteiger partial charge is 0.384 e. The summed E-state index contributed by atoms with van der Waals surface area (Å²) < 4.78 is 4.91. The summed E-state index contributed by atoms with van der Waals surface area (Å²) in [5, 5.41) is 22.5. The second-order valence-electron chi connectivity index (χ2n) is 3.21. The number of rotatable bonds is 3. The van der Waals surface area contributed by atoms with Crippen LogP contribution in [0.3, 0.4) is 0 Å². The number of hydrogen-bond donors (Lipinski definition) is 2. The Kier molecular flexibility index (Phi) is 10.5. The zero-order valence-electron chi connectivity index (χ0n) is 7.73. The minimum Gasteiger partial charge on any atom is -0.384 e. The van der Waals surface area contributed by atoms with Crippen molar-refractivity contribution in [1.29, 1.82) is 0 Å². The van der Waals surface area contributed by atoms with Gasteiger partial charge >= 0.3 is 0 Å². The van der Waals surface area contributed by atoms with Gasteiger partial charge in [0.15, 0.2) is 0 Å². The highest BCUT2D eigenvalue weighted by Crippen LogP contribution is 2.11. The van der Waals surface area contributed by atoms with E-state index in [4.69, 9.17) is 15.3 Å². The van der Waals surface area contributed by atoms with Gasteiger partial charge in [0, 0.05) is 7.11 Å². The third kappa shape index (κ3) is 22.6. The van der Waals surface area contributed by atoms with Gasteiger partial charge in [-0.15, -0.1) is 0 Å². The summed E-state index contributed by atoms with van der Waals surface area (Å²) in [6.07, 6.45) is 0. The average Bonchev–Trinajstić information content (AvgIpc) is 1.87. The summed E-state index contributed by atoms with van der Waals surface area (Å²) in [7, 11) is 1.73. The fourth-order valence-electron chi connectivity index (χ4n) is 0.447. The van der Waals surface area contributed by atoms with Crippen LogP contribution >= 0.6 is 0 Å². The van der Waals surface area contributed by atoms with Crippen LogP contribution in [0.15, 0.2) is 0 Å². The molecule has 0 aliphatic rings. The lowest BCUT2D eigenvalue weighted by Crippen LogP contribution is -2.12. The van der Waals surface area contributed by atoms with Crippen LogP contribution in [0.5, 0.6) is 0 Å². The molecule has 0 aromatic carbocycles. The molecule has 0 heterocycles. The molecule has 0 bridgehead atoms. The highest BCUT2D eigenvalue weighted by atomic mass is 17.7. The third-order valence-electron chi connectivity index (χ3n) is 0.638. The Morgan fingerprint density at radius 1 is 1.08 bits per heavy atom. The van der Waals surface area contributed by atoms with Gasteiger partial charge in [-0.2, -0.15) is 0 Å². The molecule has 0 amide bonds. The molecule has 0 aliphatic carbocycles. The minimum atomic E-state index is 0.328. The lowest BCUT2D eigenvalue weighted by atomic mass is 9.99. The van der Waals surface area contributed by atoms with Gasteiger partial charge in [0.05, 0.1) is 6.61 Å². The molecule has 12 heavy (non-hydrogen) atoms. The van der Waals surface area contributed by atoms with Crippen LogP contribution in [-0.4, -0.2) is 24.2 Å². The van der Waals surface area contributed by atoms with E-state index in [-0.39, 0.29) is 0 Å². The van der Waals surface area contributed by atoms with Crippen molar-refractivity contribution in [2.24, 2.45) is 5.41 Å². The Hall–Kier alpha value is -0.240. The first-order valence-corrected chi connectivity index (χ1v) is 3.25. The van der Waals surface area contributed by atoms with E-state index in [0.717, 1.165) is 6.61 Å². The summed E-state index contributed by atoms with van der Waals surface area (Å²) >= 11 is 0. The van der Waals surface area contributed by atoms with E-state index in [1.807, 2.05) is 0 Å². The number of methoxy groups -OCH3 is 1. The molecule has 0 radical (unpaired) electrons. The second-order valence-corrected chi connectivity index (χ2v) is 3.21. The predicted octanol–water partition coefficient (Wildman–Crippen LogP) is 1.49. The van der Waals surface area contributed by atoms with Gasteiger partial charge in [-0.3, -0.25) is 0 Å². The van der Waals surface area contributed by atoms with E-state index in [0.29, 0.717) is 5.41 Å². The van der Waals surface area contributed by atoms with Crippen molar-refractivity contribution < 1.29 is 30.4 Å². The van der Waals surface area contributed by atoms with Crippen molar-refractivity contribution >= 4 is 0 Å². The first-order valence-electron chi connectivity index (χ1n) is 3.25. The van der Waals surface area contributed by atoms with Crippen molar-refractivity contribution in [3.63, 3.8) is 0 Å². The maximum atomic E-state index is 7.06. The first-order chi connectivity index (χ1) is 5.47. The quantitative estimate of drug-likeness (QED) is 0.511. The van der Waals surface area contributed by atoms with Gasteiger partial charge in [-0.05, 0) is 20.5 Å². The molecule has 0 unspecified atom stereocenters. The van der Waals surface area contributed by atoms with Crippen LogP contribution < -0.4 is 0 Å². The van der Waals surface area contributed by atoms with E-state index in [1.54, 1.807) is 7.11 Å². The third-order valence-corrected chi connectivity index (χ3v) is 0.638. The minimum absolute atomic E-state index is 0.328. The second kappa shape index (κ2) is 8.85. The lowest BCUT2D eigenvalue weighted by molar-refractivity contribution is -0.695. The Bertz CT molecular complexity index is 76.6. The number of hydrogen-bond acceptors (Lipinski definition) is 6. The zero-order valence-corrected chi connectivity index (χ0v) is 7.73. The normalized spacial score (nSPS) is 10.5. The summed E-state index contributed by atoms with van der Waals surface area (Å²) in [6.45, 7) is 7.29. The van der Waals surface area contributed by atoms with Crippen LogP contribution in [0, 0.1) is 5.41 Å². The van der Waals surface area contributed by atoms with E-state index >= 15 is 0 Å². The molecule has 6 nitrogen and oxygen atoms in total. The smallest absolute Gasteiger partial charge is 0.0510 e. The molecule has 2 N–H and O–H groups in total. The molecule has 0 aromatic heterocycles. The summed E-state index contributed by atoms with van der Waals surface area (Å²) in [6, 6.07) is 0. The Morgan fingerprint density at radius 3 is 1.50 bits per heavy atom. The van der Waals surface area contributed by atoms with Gasteiger partial charge in [0.2, 0.25) is 0 Å². The van der Waals surface area contributed by atoms with Crippen molar-refractivity contribution in [3.8, 4) is 0 Å². The maximum Gasteiger partial charge on any atom is 0.0510 e. The molecule has 6 heteroatoms. The lowest BCUT2D eigenvalue weighted by Gasteiger charge is -2.15. The Morgan fingerprint density at radius 2 is 1.50 bits per heavy atom. The molecule has 0 aliphatic heterocycles. The van der Waals surface area contributed by atoms with Gasteiger partial charge in [-0.25, -0.2) is 10.5 Å². The molecular formula is C6H16O6. The fraction of sp³-hybridized carbons (Fsp3) is 1.00. The van der Waals surface area contributed by atoms with E-state index in [1.165, 1.54) is 0 Å². The van der Waals surface area contributed by atoms with Crippen molar-refractivity contribution in [1.82, 2.24) is 0 Å². The van der Waals surface area contributed by atoms with E-state index in [9.17, 15) is 0 Å². The molecule has 0 fully saturated rings. The van der Waals surface area contributed by atoms with E-state index in [2.05, 4.69) is 35.9 Å². The summed E-state index contributed by atoms with van der Waals surface area (Å²) in [4.78, 5) is 0. The monoisotopic (exact) mass is 184 g/mol.